The molecule has 12 heavy (non-hydrogen) atoms. The number of aromatic hydroxyl groups is 1. The number of hydrogen-bond donors (Lipinski definition) is 1. The van der Waals surface area contributed by atoms with E-state index in [4.69, 9.17) is 5.11 Å². The third-order valence-electron chi connectivity index (χ3n) is 2.19. The van der Waals surface area contributed by atoms with Crippen molar-refractivity contribution in [3.63, 3.8) is 0 Å². The van der Waals surface area contributed by atoms with Gasteiger partial charge in [-0.05, 0) is 37.1 Å². The van der Waals surface area contributed by atoms with Gasteiger partial charge < -0.3 is 5.11 Å². The standard InChI is InChI=1S/C10H12OS/c11-8-4-6-10(7-5-8)12-9-2-1-3-9/h4-7,9,11H,1-3H2. The van der Waals surface area contributed by atoms with E-state index in [-0.39, 0.29) is 0 Å². The van der Waals surface area contributed by atoms with E-state index in [1.54, 1.807) is 12.1 Å². The van der Waals surface area contributed by atoms with Crippen LogP contribution < -0.4 is 0 Å². The Bertz CT molecular complexity index is 251. The Kier molecular flexibility index (Phi) is 2.26. The molecule has 1 aliphatic rings. The van der Waals surface area contributed by atoms with Crippen molar-refractivity contribution in [1.82, 2.24) is 0 Å². The summed E-state index contributed by atoms with van der Waals surface area (Å²) in [7, 11) is 0. The molecule has 64 valence electrons. The number of rotatable bonds is 2. The highest BCUT2D eigenvalue weighted by atomic mass is 32.2. The topological polar surface area (TPSA) is 20.2 Å². The number of phenolic OH excluding ortho intramolecular Hbond substituents is 1. The zero-order chi connectivity index (χ0) is 8.39. The van der Waals surface area contributed by atoms with E-state index in [1.165, 1.54) is 24.2 Å². The first-order valence-electron chi connectivity index (χ1n) is 4.30. The van der Waals surface area contributed by atoms with Crippen LogP contribution in [0.5, 0.6) is 5.75 Å². The third kappa shape index (κ3) is 1.75. The summed E-state index contributed by atoms with van der Waals surface area (Å²) in [5.41, 5.74) is 0. The molecule has 0 heterocycles. The predicted octanol–water partition coefficient (Wildman–Crippen LogP) is 3.04. The fourth-order valence-electron chi connectivity index (χ4n) is 1.21. The van der Waals surface area contributed by atoms with Gasteiger partial charge in [-0.2, -0.15) is 0 Å². The Hall–Kier alpha value is -0.630. The molecule has 2 rings (SSSR count). The summed E-state index contributed by atoms with van der Waals surface area (Å²) in [6.45, 7) is 0. The lowest BCUT2D eigenvalue weighted by Gasteiger charge is -2.24. The summed E-state index contributed by atoms with van der Waals surface area (Å²) in [5.74, 6) is 0.355. The Morgan fingerprint density at radius 3 is 2.33 bits per heavy atom. The summed E-state index contributed by atoms with van der Waals surface area (Å²) >= 11 is 1.93. The van der Waals surface area contributed by atoms with Crippen LogP contribution in [0.3, 0.4) is 0 Å². The van der Waals surface area contributed by atoms with E-state index >= 15 is 0 Å². The van der Waals surface area contributed by atoms with E-state index in [9.17, 15) is 0 Å². The SMILES string of the molecule is Oc1ccc(SC2CCC2)cc1. The third-order valence-corrected chi connectivity index (χ3v) is 3.54. The summed E-state index contributed by atoms with van der Waals surface area (Å²) in [6, 6.07) is 7.47. The van der Waals surface area contributed by atoms with Crippen LogP contribution in [0.25, 0.3) is 0 Å². The second-order valence-electron chi connectivity index (χ2n) is 3.16. The van der Waals surface area contributed by atoms with Crippen LogP contribution in [0.4, 0.5) is 0 Å². The molecule has 0 saturated heterocycles. The fraction of sp³-hybridized carbons (Fsp3) is 0.400. The lowest BCUT2D eigenvalue weighted by molar-refractivity contribution is 0.475. The van der Waals surface area contributed by atoms with Gasteiger partial charge in [-0.15, -0.1) is 11.8 Å². The number of hydrogen-bond acceptors (Lipinski definition) is 2. The molecule has 0 spiro atoms. The van der Waals surface area contributed by atoms with Crippen LogP contribution >= 0.6 is 11.8 Å². The lowest BCUT2D eigenvalue weighted by Crippen LogP contribution is -2.12. The molecule has 1 nitrogen and oxygen atoms in total. The van der Waals surface area contributed by atoms with Gasteiger partial charge in [0.1, 0.15) is 5.75 Å². The van der Waals surface area contributed by atoms with Crippen molar-refractivity contribution in [2.24, 2.45) is 0 Å². The zero-order valence-electron chi connectivity index (χ0n) is 6.86. The summed E-state index contributed by atoms with van der Waals surface area (Å²) in [6.07, 6.45) is 4.09. The quantitative estimate of drug-likeness (QED) is 0.755. The zero-order valence-corrected chi connectivity index (χ0v) is 7.68. The monoisotopic (exact) mass is 180 g/mol. The second-order valence-corrected chi connectivity index (χ2v) is 4.54. The van der Waals surface area contributed by atoms with Crippen LogP contribution in [0, 0.1) is 0 Å². The predicted molar refractivity (Wildman–Crippen MR) is 51.6 cm³/mol. The molecule has 0 atom stereocenters. The average molecular weight is 180 g/mol. The highest BCUT2D eigenvalue weighted by Crippen LogP contribution is 2.36. The van der Waals surface area contributed by atoms with Crippen LogP contribution in [0.15, 0.2) is 29.2 Å². The molecule has 0 unspecified atom stereocenters. The van der Waals surface area contributed by atoms with Gasteiger partial charge in [0.05, 0.1) is 0 Å². The van der Waals surface area contributed by atoms with Gasteiger partial charge in [-0.3, -0.25) is 0 Å². The van der Waals surface area contributed by atoms with Crippen molar-refractivity contribution in [2.45, 2.75) is 29.4 Å². The largest absolute Gasteiger partial charge is 0.508 e. The molecule has 0 aromatic heterocycles. The maximum Gasteiger partial charge on any atom is 0.115 e. The van der Waals surface area contributed by atoms with Crippen molar-refractivity contribution in [3.8, 4) is 5.75 Å². The van der Waals surface area contributed by atoms with Crippen LogP contribution in [-0.2, 0) is 0 Å². The molecule has 1 fully saturated rings. The fourth-order valence-corrected chi connectivity index (χ4v) is 2.45. The molecule has 0 bridgehead atoms. The maximum atomic E-state index is 9.05. The first-order valence-corrected chi connectivity index (χ1v) is 5.18. The van der Waals surface area contributed by atoms with E-state index in [1.807, 2.05) is 23.9 Å². The molecule has 1 N–H and O–H groups in total. The van der Waals surface area contributed by atoms with Crippen molar-refractivity contribution >= 4 is 11.8 Å². The minimum Gasteiger partial charge on any atom is -0.508 e. The van der Waals surface area contributed by atoms with E-state index in [2.05, 4.69) is 0 Å². The van der Waals surface area contributed by atoms with Crippen LogP contribution in [-0.4, -0.2) is 10.4 Å². The highest BCUT2D eigenvalue weighted by molar-refractivity contribution is 8.00. The molecule has 1 saturated carbocycles. The summed E-state index contributed by atoms with van der Waals surface area (Å²) in [5, 5.41) is 9.88. The Balaban J connectivity index is 1.98. The Labute approximate surface area is 76.8 Å². The van der Waals surface area contributed by atoms with Gasteiger partial charge in [-0.25, -0.2) is 0 Å². The number of thioether (sulfide) groups is 1. The molecular formula is C10H12OS. The highest BCUT2D eigenvalue weighted by Gasteiger charge is 2.17. The maximum absolute atomic E-state index is 9.05. The normalized spacial score (nSPS) is 17.3. The van der Waals surface area contributed by atoms with Crippen LogP contribution in [0.1, 0.15) is 19.3 Å². The first kappa shape index (κ1) is 7.99. The van der Waals surface area contributed by atoms with Crippen molar-refractivity contribution in [3.05, 3.63) is 24.3 Å². The average Bonchev–Trinajstić information content (AvgIpc) is 2.00. The van der Waals surface area contributed by atoms with Crippen molar-refractivity contribution < 1.29 is 5.11 Å². The lowest BCUT2D eigenvalue weighted by atomic mass is 10.0. The smallest absolute Gasteiger partial charge is 0.115 e. The number of benzene rings is 1. The molecule has 0 radical (unpaired) electrons. The minimum atomic E-state index is 0.355. The summed E-state index contributed by atoms with van der Waals surface area (Å²) in [4.78, 5) is 1.28. The van der Waals surface area contributed by atoms with Crippen molar-refractivity contribution in [1.29, 1.82) is 0 Å². The Morgan fingerprint density at radius 1 is 1.17 bits per heavy atom. The van der Waals surface area contributed by atoms with Gasteiger partial charge in [0, 0.05) is 10.1 Å². The van der Waals surface area contributed by atoms with Gasteiger partial charge in [0.2, 0.25) is 0 Å². The first-order chi connectivity index (χ1) is 5.84. The number of phenols is 1. The molecule has 2 heteroatoms. The molecular weight excluding hydrogens is 168 g/mol. The molecule has 0 aliphatic heterocycles. The molecule has 1 aliphatic carbocycles. The van der Waals surface area contributed by atoms with Gasteiger partial charge in [-0.1, -0.05) is 6.42 Å². The molecule has 1 aromatic carbocycles. The van der Waals surface area contributed by atoms with Gasteiger partial charge in [0.25, 0.3) is 0 Å². The van der Waals surface area contributed by atoms with Gasteiger partial charge >= 0.3 is 0 Å². The van der Waals surface area contributed by atoms with E-state index in [0.717, 1.165) is 5.25 Å². The van der Waals surface area contributed by atoms with Crippen molar-refractivity contribution in [2.75, 3.05) is 0 Å². The second kappa shape index (κ2) is 3.40. The van der Waals surface area contributed by atoms with Gasteiger partial charge in [0.15, 0.2) is 0 Å². The molecule has 1 aromatic rings. The Morgan fingerprint density at radius 2 is 1.83 bits per heavy atom. The van der Waals surface area contributed by atoms with E-state index < -0.39 is 0 Å². The minimum absolute atomic E-state index is 0.355. The summed E-state index contributed by atoms with van der Waals surface area (Å²) < 4.78 is 0. The molecule has 0 amide bonds. The van der Waals surface area contributed by atoms with E-state index in [0.29, 0.717) is 5.75 Å². The van der Waals surface area contributed by atoms with Crippen LogP contribution in [0.2, 0.25) is 0 Å².